The standard InChI is InChI=1S/C15H22N2O3/c1-2-20-15(18)14-9-8-13(10-16-14)17(19)11-12-6-4-3-5-7-12/h3-7,13-14,16,19H,2,8-11H2,1H3/t13-,14+/m1/s1. The van der Waals surface area contributed by atoms with Crippen LogP contribution in [0.5, 0.6) is 0 Å². The molecule has 0 aliphatic carbocycles. The monoisotopic (exact) mass is 278 g/mol. The van der Waals surface area contributed by atoms with Crippen molar-refractivity contribution in [1.29, 1.82) is 0 Å². The fourth-order valence-electron chi connectivity index (χ4n) is 2.44. The normalized spacial score (nSPS) is 22.8. The predicted octanol–water partition coefficient (Wildman–Crippen LogP) is 1.56. The van der Waals surface area contributed by atoms with Crippen LogP contribution in [-0.2, 0) is 16.1 Å². The summed E-state index contributed by atoms with van der Waals surface area (Å²) in [6, 6.07) is 9.63. The highest BCUT2D eigenvalue weighted by atomic mass is 16.5. The van der Waals surface area contributed by atoms with Crippen LogP contribution in [-0.4, -0.2) is 41.5 Å². The molecule has 1 fully saturated rings. The van der Waals surface area contributed by atoms with Crippen LogP contribution < -0.4 is 5.32 Å². The van der Waals surface area contributed by atoms with Crippen LogP contribution in [0.2, 0.25) is 0 Å². The third-order valence-electron chi connectivity index (χ3n) is 3.57. The summed E-state index contributed by atoms with van der Waals surface area (Å²) >= 11 is 0. The van der Waals surface area contributed by atoms with Gasteiger partial charge in [0.25, 0.3) is 0 Å². The average molecular weight is 278 g/mol. The van der Waals surface area contributed by atoms with Gasteiger partial charge in [0.2, 0.25) is 0 Å². The van der Waals surface area contributed by atoms with Gasteiger partial charge in [0.05, 0.1) is 6.61 Å². The number of esters is 1. The first-order chi connectivity index (χ1) is 9.70. The lowest BCUT2D eigenvalue weighted by Crippen LogP contribution is -2.51. The highest BCUT2D eigenvalue weighted by molar-refractivity contribution is 5.75. The molecule has 2 N–H and O–H groups in total. The van der Waals surface area contributed by atoms with E-state index in [0.29, 0.717) is 26.1 Å². The second-order valence-electron chi connectivity index (χ2n) is 5.03. The minimum atomic E-state index is -0.240. The first-order valence-electron chi connectivity index (χ1n) is 7.10. The van der Waals surface area contributed by atoms with Crippen molar-refractivity contribution in [2.75, 3.05) is 13.2 Å². The zero-order chi connectivity index (χ0) is 14.4. The second kappa shape index (κ2) is 7.38. The zero-order valence-corrected chi connectivity index (χ0v) is 11.8. The van der Waals surface area contributed by atoms with E-state index >= 15 is 0 Å². The summed E-state index contributed by atoms with van der Waals surface area (Å²) in [6.07, 6.45) is 1.47. The molecule has 2 atom stereocenters. The number of carbonyl (C=O) groups excluding carboxylic acids is 1. The molecular weight excluding hydrogens is 256 g/mol. The number of carbonyl (C=O) groups is 1. The number of nitrogens with one attached hydrogen (secondary N) is 1. The lowest BCUT2D eigenvalue weighted by Gasteiger charge is -2.33. The van der Waals surface area contributed by atoms with Crippen molar-refractivity contribution < 1.29 is 14.7 Å². The topological polar surface area (TPSA) is 61.8 Å². The summed E-state index contributed by atoms with van der Waals surface area (Å²) < 4.78 is 5.00. The van der Waals surface area contributed by atoms with E-state index < -0.39 is 0 Å². The molecule has 0 radical (unpaired) electrons. The Kier molecular flexibility index (Phi) is 5.52. The Labute approximate surface area is 119 Å². The van der Waals surface area contributed by atoms with Crippen LogP contribution in [0.1, 0.15) is 25.3 Å². The summed E-state index contributed by atoms with van der Waals surface area (Å²) in [7, 11) is 0. The third kappa shape index (κ3) is 4.03. The lowest BCUT2D eigenvalue weighted by atomic mass is 10.00. The van der Waals surface area contributed by atoms with Gasteiger partial charge in [0.15, 0.2) is 0 Å². The number of hydroxylamine groups is 2. The Morgan fingerprint density at radius 3 is 2.75 bits per heavy atom. The number of ether oxygens (including phenoxy) is 1. The maximum Gasteiger partial charge on any atom is 0.323 e. The Bertz CT molecular complexity index is 416. The predicted molar refractivity (Wildman–Crippen MR) is 75.2 cm³/mol. The van der Waals surface area contributed by atoms with Crippen molar-refractivity contribution in [2.24, 2.45) is 0 Å². The number of hydrogen-bond acceptors (Lipinski definition) is 5. The molecule has 1 saturated heterocycles. The zero-order valence-electron chi connectivity index (χ0n) is 11.8. The molecule has 0 spiro atoms. The Hall–Kier alpha value is -1.43. The van der Waals surface area contributed by atoms with Gasteiger partial charge in [-0.3, -0.25) is 4.79 Å². The summed E-state index contributed by atoms with van der Waals surface area (Å²) in [4.78, 5) is 11.6. The molecule has 0 bridgehead atoms. The van der Waals surface area contributed by atoms with Crippen molar-refractivity contribution in [1.82, 2.24) is 10.4 Å². The third-order valence-corrected chi connectivity index (χ3v) is 3.57. The molecule has 1 aliphatic rings. The van der Waals surface area contributed by atoms with Crippen molar-refractivity contribution >= 4 is 5.97 Å². The van der Waals surface area contributed by atoms with Gasteiger partial charge in [-0.15, -0.1) is 0 Å². The van der Waals surface area contributed by atoms with E-state index in [4.69, 9.17) is 4.74 Å². The molecule has 1 heterocycles. The SMILES string of the molecule is CCOC(=O)[C@@H]1CC[C@@H](N(O)Cc2ccccc2)CN1. The van der Waals surface area contributed by atoms with Gasteiger partial charge >= 0.3 is 5.97 Å². The number of hydrogen-bond donors (Lipinski definition) is 2. The van der Waals surface area contributed by atoms with Crippen LogP contribution in [0.25, 0.3) is 0 Å². The van der Waals surface area contributed by atoms with Crippen molar-refractivity contribution in [3.63, 3.8) is 0 Å². The smallest absolute Gasteiger partial charge is 0.323 e. The Morgan fingerprint density at radius 1 is 1.40 bits per heavy atom. The van der Waals surface area contributed by atoms with Crippen LogP contribution in [0.3, 0.4) is 0 Å². The number of nitrogens with zero attached hydrogens (tertiary/aromatic N) is 1. The largest absolute Gasteiger partial charge is 0.465 e. The molecule has 1 aliphatic heterocycles. The van der Waals surface area contributed by atoms with Gasteiger partial charge in [-0.2, -0.15) is 5.06 Å². The highest BCUT2D eigenvalue weighted by Crippen LogP contribution is 2.16. The van der Waals surface area contributed by atoms with Crippen molar-refractivity contribution in [3.05, 3.63) is 35.9 Å². The maximum absolute atomic E-state index is 11.6. The average Bonchev–Trinajstić information content (AvgIpc) is 2.48. The molecule has 2 rings (SSSR count). The number of piperidine rings is 1. The van der Waals surface area contributed by atoms with Crippen LogP contribution in [0.15, 0.2) is 30.3 Å². The van der Waals surface area contributed by atoms with Crippen LogP contribution >= 0.6 is 0 Å². The van der Waals surface area contributed by atoms with Gasteiger partial charge in [0, 0.05) is 19.1 Å². The van der Waals surface area contributed by atoms with E-state index in [1.54, 1.807) is 6.92 Å². The molecule has 0 saturated carbocycles. The van der Waals surface area contributed by atoms with Crippen LogP contribution in [0.4, 0.5) is 0 Å². The molecule has 0 unspecified atom stereocenters. The first kappa shape index (κ1) is 15.0. The van der Waals surface area contributed by atoms with Gasteiger partial charge in [-0.1, -0.05) is 30.3 Å². The molecule has 1 aromatic carbocycles. The molecule has 5 heteroatoms. The molecule has 110 valence electrons. The summed E-state index contributed by atoms with van der Waals surface area (Å²) in [5.41, 5.74) is 1.07. The highest BCUT2D eigenvalue weighted by Gasteiger charge is 2.29. The summed E-state index contributed by atoms with van der Waals surface area (Å²) in [5, 5.41) is 14.6. The van der Waals surface area contributed by atoms with Gasteiger partial charge in [-0.05, 0) is 25.3 Å². The molecular formula is C15H22N2O3. The summed E-state index contributed by atoms with van der Waals surface area (Å²) in [6.45, 7) is 3.30. The number of benzene rings is 1. The van der Waals surface area contributed by atoms with E-state index in [1.165, 1.54) is 5.06 Å². The van der Waals surface area contributed by atoms with Gasteiger partial charge in [0.1, 0.15) is 6.04 Å². The van der Waals surface area contributed by atoms with Crippen LogP contribution in [0, 0.1) is 0 Å². The van der Waals surface area contributed by atoms with E-state index in [1.807, 2.05) is 30.3 Å². The van der Waals surface area contributed by atoms with Gasteiger partial charge < -0.3 is 15.3 Å². The molecule has 1 aromatic rings. The quantitative estimate of drug-likeness (QED) is 0.632. The van der Waals surface area contributed by atoms with E-state index in [2.05, 4.69) is 5.32 Å². The van der Waals surface area contributed by atoms with E-state index in [9.17, 15) is 10.0 Å². The fourth-order valence-corrected chi connectivity index (χ4v) is 2.44. The molecule has 5 nitrogen and oxygen atoms in total. The minimum absolute atomic E-state index is 0.0286. The maximum atomic E-state index is 11.6. The van der Waals surface area contributed by atoms with Crippen molar-refractivity contribution in [3.8, 4) is 0 Å². The first-order valence-corrected chi connectivity index (χ1v) is 7.10. The number of rotatable bonds is 5. The summed E-state index contributed by atoms with van der Waals surface area (Å²) in [5.74, 6) is -0.196. The minimum Gasteiger partial charge on any atom is -0.465 e. The Morgan fingerprint density at radius 2 is 2.15 bits per heavy atom. The lowest BCUT2D eigenvalue weighted by molar-refractivity contribution is -0.154. The van der Waals surface area contributed by atoms with E-state index in [0.717, 1.165) is 12.0 Å². The second-order valence-corrected chi connectivity index (χ2v) is 5.03. The van der Waals surface area contributed by atoms with E-state index in [-0.39, 0.29) is 18.1 Å². The fraction of sp³-hybridized carbons (Fsp3) is 0.533. The molecule has 20 heavy (non-hydrogen) atoms. The molecule has 0 aromatic heterocycles. The Balaban J connectivity index is 1.80. The van der Waals surface area contributed by atoms with Crippen molar-refractivity contribution in [2.45, 2.75) is 38.4 Å². The molecule has 0 amide bonds. The van der Waals surface area contributed by atoms with Gasteiger partial charge in [-0.25, -0.2) is 0 Å².